The van der Waals surface area contributed by atoms with Crippen LogP contribution in [0, 0.1) is 5.41 Å². The summed E-state index contributed by atoms with van der Waals surface area (Å²) >= 11 is 0. The number of likely N-dealkylation sites (tertiary alicyclic amines) is 1. The molecule has 2 fully saturated rings. The zero-order valence-electron chi connectivity index (χ0n) is 16.7. The second-order valence-corrected chi connectivity index (χ2v) is 8.54. The van der Waals surface area contributed by atoms with E-state index in [2.05, 4.69) is 15.5 Å². The Hall–Kier alpha value is -2.71. The number of para-hydroxylation sites is 1. The number of benzene rings is 1. The fourth-order valence-electron chi connectivity index (χ4n) is 4.54. The minimum Gasteiger partial charge on any atom is -0.492 e. The number of carbonyl (C=O) groups is 1. The predicted octanol–water partition coefficient (Wildman–Crippen LogP) is 3.24. The van der Waals surface area contributed by atoms with E-state index in [1.54, 1.807) is 0 Å². The van der Waals surface area contributed by atoms with Gasteiger partial charge < -0.3 is 19.4 Å². The van der Waals surface area contributed by atoms with Gasteiger partial charge >= 0.3 is 6.01 Å². The van der Waals surface area contributed by atoms with Gasteiger partial charge in [0.25, 0.3) is 5.92 Å². The number of carbonyl (C=O) groups excluding carboxylic acids is 1. The molecule has 1 spiro atoms. The Labute approximate surface area is 172 Å². The van der Waals surface area contributed by atoms with Crippen LogP contribution in [-0.2, 0) is 11.2 Å². The molecular formula is C21H24F2N4O3. The summed E-state index contributed by atoms with van der Waals surface area (Å²) in [4.78, 5) is 14.4. The van der Waals surface area contributed by atoms with Gasteiger partial charge in [-0.3, -0.25) is 4.79 Å². The number of nitrogens with one attached hydrogen (secondary N) is 1. The van der Waals surface area contributed by atoms with Crippen LogP contribution >= 0.6 is 0 Å². The fraction of sp³-hybridized carbons (Fsp3) is 0.571. The maximum atomic E-state index is 13.6. The molecule has 1 saturated heterocycles. The SMILES string of the molecule is CC[C@@H](Nc1nnc([C@@H]2COc3ccccc3C2)o1)C(=O)N1CC[C@]2(C1)CC2(F)F. The van der Waals surface area contributed by atoms with E-state index in [4.69, 9.17) is 9.15 Å². The van der Waals surface area contributed by atoms with Crippen LogP contribution in [0.3, 0.4) is 0 Å². The lowest BCUT2D eigenvalue weighted by Crippen LogP contribution is -2.42. The van der Waals surface area contributed by atoms with E-state index in [0.29, 0.717) is 31.9 Å². The van der Waals surface area contributed by atoms with Crippen molar-refractivity contribution < 1.29 is 22.7 Å². The lowest BCUT2D eigenvalue weighted by Gasteiger charge is -2.23. The normalized spacial score (nSPS) is 27.4. The molecule has 1 aliphatic carbocycles. The molecule has 3 atom stereocenters. The quantitative estimate of drug-likeness (QED) is 0.803. The van der Waals surface area contributed by atoms with Crippen LogP contribution in [0.5, 0.6) is 5.75 Å². The topological polar surface area (TPSA) is 80.5 Å². The highest BCUT2D eigenvalue weighted by Gasteiger charge is 2.73. The Morgan fingerprint density at radius 2 is 2.17 bits per heavy atom. The monoisotopic (exact) mass is 418 g/mol. The van der Waals surface area contributed by atoms with E-state index < -0.39 is 17.4 Å². The van der Waals surface area contributed by atoms with Crippen molar-refractivity contribution in [2.45, 2.75) is 50.5 Å². The van der Waals surface area contributed by atoms with Gasteiger partial charge in [0.1, 0.15) is 18.4 Å². The van der Waals surface area contributed by atoms with Crippen molar-refractivity contribution in [3.05, 3.63) is 35.7 Å². The van der Waals surface area contributed by atoms with Crippen molar-refractivity contribution in [1.29, 1.82) is 0 Å². The molecule has 1 saturated carbocycles. The van der Waals surface area contributed by atoms with Crippen molar-refractivity contribution in [3.8, 4) is 5.75 Å². The number of hydrogen-bond donors (Lipinski definition) is 1. The van der Waals surface area contributed by atoms with Crippen LogP contribution in [0.4, 0.5) is 14.8 Å². The predicted molar refractivity (Wildman–Crippen MR) is 104 cm³/mol. The molecule has 5 rings (SSSR count). The van der Waals surface area contributed by atoms with Gasteiger partial charge in [-0.1, -0.05) is 30.2 Å². The molecule has 0 unspecified atom stereocenters. The summed E-state index contributed by atoms with van der Waals surface area (Å²) in [5, 5.41) is 11.2. The average Bonchev–Trinajstić information content (AvgIpc) is 3.14. The first-order valence-electron chi connectivity index (χ1n) is 10.4. The smallest absolute Gasteiger partial charge is 0.316 e. The number of rotatable bonds is 5. The van der Waals surface area contributed by atoms with Crippen molar-refractivity contribution >= 4 is 11.9 Å². The number of halogens is 2. The van der Waals surface area contributed by atoms with E-state index in [0.717, 1.165) is 17.7 Å². The van der Waals surface area contributed by atoms with Gasteiger partial charge in [0.15, 0.2) is 0 Å². The summed E-state index contributed by atoms with van der Waals surface area (Å²) < 4.78 is 38.8. The third kappa shape index (κ3) is 3.20. The highest BCUT2D eigenvalue weighted by molar-refractivity contribution is 5.84. The summed E-state index contributed by atoms with van der Waals surface area (Å²) in [6.45, 7) is 2.78. The van der Waals surface area contributed by atoms with Crippen LogP contribution in [0.15, 0.2) is 28.7 Å². The molecule has 2 aliphatic heterocycles. The molecule has 9 heteroatoms. The molecular weight excluding hydrogens is 394 g/mol. The summed E-state index contributed by atoms with van der Waals surface area (Å²) in [6, 6.07) is 7.41. The Morgan fingerprint density at radius 3 is 2.90 bits per heavy atom. The maximum Gasteiger partial charge on any atom is 0.316 e. The maximum absolute atomic E-state index is 13.6. The highest BCUT2D eigenvalue weighted by Crippen LogP contribution is 2.65. The van der Waals surface area contributed by atoms with Crippen molar-refractivity contribution in [2.24, 2.45) is 5.41 Å². The lowest BCUT2D eigenvalue weighted by atomic mass is 9.97. The van der Waals surface area contributed by atoms with Gasteiger partial charge in [-0.2, -0.15) is 0 Å². The third-order valence-electron chi connectivity index (χ3n) is 6.55. The summed E-state index contributed by atoms with van der Waals surface area (Å²) in [5.74, 6) is -1.58. The summed E-state index contributed by atoms with van der Waals surface area (Å²) in [7, 11) is 0. The zero-order valence-corrected chi connectivity index (χ0v) is 16.7. The zero-order chi connectivity index (χ0) is 20.9. The van der Waals surface area contributed by atoms with Crippen LogP contribution in [0.2, 0.25) is 0 Å². The van der Waals surface area contributed by atoms with Gasteiger partial charge in [0.2, 0.25) is 11.8 Å². The second-order valence-electron chi connectivity index (χ2n) is 8.54. The highest BCUT2D eigenvalue weighted by atomic mass is 19.3. The summed E-state index contributed by atoms with van der Waals surface area (Å²) in [5.41, 5.74) is 0.0819. The molecule has 30 heavy (non-hydrogen) atoms. The molecule has 1 N–H and O–H groups in total. The molecule has 1 aromatic carbocycles. The lowest BCUT2D eigenvalue weighted by molar-refractivity contribution is -0.131. The minimum absolute atomic E-state index is 0.0609. The van der Waals surface area contributed by atoms with E-state index >= 15 is 0 Å². The van der Waals surface area contributed by atoms with E-state index in [1.165, 1.54) is 4.90 Å². The molecule has 2 aromatic rings. The van der Waals surface area contributed by atoms with Crippen molar-refractivity contribution in [3.63, 3.8) is 0 Å². The second kappa shape index (κ2) is 6.92. The first kappa shape index (κ1) is 19.3. The number of alkyl halides is 2. The van der Waals surface area contributed by atoms with E-state index in [-0.39, 0.29) is 30.8 Å². The van der Waals surface area contributed by atoms with Crippen LogP contribution in [-0.4, -0.2) is 52.7 Å². The molecule has 1 amide bonds. The standard InChI is InChI=1S/C21H24F2N4O3/c1-2-15(18(28)27-8-7-20(12-27)11-21(20,22)23)24-19-26-25-17(30-19)14-9-13-5-3-4-6-16(13)29-10-14/h3-6,14-15H,2,7-12H2,1H3,(H,24,26)/t14-,15+,20+/m0/s1. The van der Waals surface area contributed by atoms with Gasteiger partial charge in [0.05, 0.1) is 11.3 Å². The largest absolute Gasteiger partial charge is 0.492 e. The van der Waals surface area contributed by atoms with Gasteiger partial charge in [-0.15, -0.1) is 5.10 Å². The van der Waals surface area contributed by atoms with Crippen LogP contribution < -0.4 is 10.1 Å². The minimum atomic E-state index is -2.64. The molecule has 160 valence electrons. The molecule has 7 nitrogen and oxygen atoms in total. The summed E-state index contributed by atoms with van der Waals surface area (Å²) in [6.07, 6.45) is 1.46. The number of nitrogens with zero attached hydrogens (tertiary/aromatic N) is 3. The van der Waals surface area contributed by atoms with Crippen LogP contribution in [0.1, 0.15) is 43.6 Å². The number of ether oxygens (including phenoxy) is 1. The van der Waals surface area contributed by atoms with E-state index in [1.807, 2.05) is 31.2 Å². The van der Waals surface area contributed by atoms with Crippen molar-refractivity contribution in [1.82, 2.24) is 15.1 Å². The Bertz CT molecular complexity index is 965. The Balaban J connectivity index is 1.23. The number of fused-ring (bicyclic) bond motifs is 1. The van der Waals surface area contributed by atoms with Crippen LogP contribution in [0.25, 0.3) is 0 Å². The molecule has 0 bridgehead atoms. The Morgan fingerprint density at radius 1 is 1.37 bits per heavy atom. The fourth-order valence-corrected chi connectivity index (χ4v) is 4.54. The Kier molecular flexibility index (Phi) is 4.44. The van der Waals surface area contributed by atoms with Gasteiger partial charge in [0, 0.05) is 19.5 Å². The number of hydrogen-bond acceptors (Lipinski definition) is 6. The van der Waals surface area contributed by atoms with E-state index in [9.17, 15) is 13.6 Å². The molecule has 3 aliphatic rings. The molecule has 3 heterocycles. The number of amides is 1. The molecule has 0 radical (unpaired) electrons. The van der Waals surface area contributed by atoms with Gasteiger partial charge in [-0.05, 0) is 30.9 Å². The van der Waals surface area contributed by atoms with Crippen molar-refractivity contribution in [2.75, 3.05) is 25.0 Å². The first-order valence-corrected chi connectivity index (χ1v) is 10.4. The average molecular weight is 418 g/mol. The number of aromatic nitrogens is 2. The number of anilines is 1. The molecule has 1 aromatic heterocycles. The van der Waals surface area contributed by atoms with Gasteiger partial charge in [-0.25, -0.2) is 8.78 Å². The third-order valence-corrected chi connectivity index (χ3v) is 6.55. The first-order chi connectivity index (χ1) is 14.4.